The van der Waals surface area contributed by atoms with Crippen molar-refractivity contribution in [3.63, 3.8) is 0 Å². The van der Waals surface area contributed by atoms with Gasteiger partial charge >= 0.3 is 0 Å². The smallest absolute Gasteiger partial charge is 0.173 e. The molecule has 0 radical (unpaired) electrons. The summed E-state index contributed by atoms with van der Waals surface area (Å²) in [5, 5.41) is 3.04. The van der Waals surface area contributed by atoms with Crippen molar-refractivity contribution in [1.82, 2.24) is 4.90 Å². The quantitative estimate of drug-likeness (QED) is 0.756. The van der Waals surface area contributed by atoms with Crippen LogP contribution in [0.1, 0.15) is 0 Å². The van der Waals surface area contributed by atoms with E-state index in [-0.39, 0.29) is 0 Å². The van der Waals surface area contributed by atoms with Crippen LogP contribution < -0.4 is 4.74 Å². The standard InChI is InChI=1S/C10H15NO2S/c1-2-10(14-9-1)13-8-5-11-3-6-12-7-4-11/h1-2,9H,3-8H2. The van der Waals surface area contributed by atoms with Crippen LogP contribution in [0.4, 0.5) is 0 Å². The van der Waals surface area contributed by atoms with Gasteiger partial charge in [-0.25, -0.2) is 0 Å². The predicted octanol–water partition coefficient (Wildman–Crippen LogP) is 1.46. The fourth-order valence-corrected chi connectivity index (χ4v) is 2.05. The van der Waals surface area contributed by atoms with Crippen molar-refractivity contribution in [3.05, 3.63) is 17.5 Å². The molecule has 0 unspecified atom stereocenters. The van der Waals surface area contributed by atoms with Gasteiger partial charge in [0.05, 0.1) is 13.2 Å². The lowest BCUT2D eigenvalue weighted by Crippen LogP contribution is -2.38. The zero-order chi connectivity index (χ0) is 9.64. The van der Waals surface area contributed by atoms with Crippen molar-refractivity contribution in [2.24, 2.45) is 0 Å². The van der Waals surface area contributed by atoms with Crippen molar-refractivity contribution in [2.75, 3.05) is 39.5 Å². The maximum absolute atomic E-state index is 5.58. The maximum Gasteiger partial charge on any atom is 0.173 e. The molecule has 1 aromatic rings. The Morgan fingerprint density at radius 1 is 1.43 bits per heavy atom. The molecule has 1 saturated heterocycles. The molecule has 0 saturated carbocycles. The topological polar surface area (TPSA) is 21.7 Å². The Morgan fingerprint density at radius 2 is 2.29 bits per heavy atom. The van der Waals surface area contributed by atoms with Crippen LogP contribution in [0.25, 0.3) is 0 Å². The molecule has 78 valence electrons. The summed E-state index contributed by atoms with van der Waals surface area (Å²) in [6.45, 7) is 5.57. The fourth-order valence-electron chi connectivity index (χ4n) is 1.45. The van der Waals surface area contributed by atoms with Gasteiger partial charge in [0.1, 0.15) is 6.61 Å². The van der Waals surface area contributed by atoms with Crippen LogP contribution in [-0.4, -0.2) is 44.4 Å². The first-order valence-corrected chi connectivity index (χ1v) is 5.79. The van der Waals surface area contributed by atoms with E-state index in [0.29, 0.717) is 0 Å². The molecule has 0 bridgehead atoms. The average molecular weight is 213 g/mol. The lowest BCUT2D eigenvalue weighted by Gasteiger charge is -2.26. The highest BCUT2D eigenvalue weighted by Gasteiger charge is 2.09. The number of ether oxygens (including phenoxy) is 2. The molecule has 0 N–H and O–H groups in total. The highest BCUT2D eigenvalue weighted by molar-refractivity contribution is 7.11. The highest BCUT2D eigenvalue weighted by Crippen LogP contribution is 2.17. The van der Waals surface area contributed by atoms with Crippen LogP contribution >= 0.6 is 11.3 Å². The number of nitrogens with zero attached hydrogens (tertiary/aromatic N) is 1. The molecule has 0 atom stereocenters. The highest BCUT2D eigenvalue weighted by atomic mass is 32.1. The summed E-state index contributed by atoms with van der Waals surface area (Å²) in [6, 6.07) is 4.01. The number of hydrogen-bond donors (Lipinski definition) is 0. The first kappa shape index (κ1) is 9.96. The summed E-state index contributed by atoms with van der Waals surface area (Å²) in [5.41, 5.74) is 0. The zero-order valence-corrected chi connectivity index (χ0v) is 8.96. The second kappa shape index (κ2) is 5.34. The third kappa shape index (κ3) is 2.97. The maximum atomic E-state index is 5.58. The molecule has 0 aliphatic carbocycles. The molecule has 0 amide bonds. The Balaban J connectivity index is 1.62. The number of rotatable bonds is 4. The van der Waals surface area contributed by atoms with Gasteiger partial charge in [-0.1, -0.05) is 0 Å². The Labute approximate surface area is 88.2 Å². The Hall–Kier alpha value is -0.580. The van der Waals surface area contributed by atoms with Gasteiger partial charge in [0.25, 0.3) is 0 Å². The fraction of sp³-hybridized carbons (Fsp3) is 0.600. The van der Waals surface area contributed by atoms with Gasteiger partial charge in [-0.3, -0.25) is 4.90 Å². The molecule has 14 heavy (non-hydrogen) atoms. The van der Waals surface area contributed by atoms with Gasteiger partial charge in [-0.05, 0) is 17.5 Å². The van der Waals surface area contributed by atoms with Crippen LogP contribution in [0.15, 0.2) is 17.5 Å². The normalized spacial score (nSPS) is 18.3. The van der Waals surface area contributed by atoms with Crippen molar-refractivity contribution in [1.29, 1.82) is 0 Å². The SMILES string of the molecule is c1csc(OCCN2CCOCC2)c1. The van der Waals surface area contributed by atoms with E-state index < -0.39 is 0 Å². The summed E-state index contributed by atoms with van der Waals surface area (Å²) in [4.78, 5) is 2.37. The van der Waals surface area contributed by atoms with Crippen LogP contribution in [0, 0.1) is 0 Å². The van der Waals surface area contributed by atoms with E-state index in [1.54, 1.807) is 11.3 Å². The Kier molecular flexibility index (Phi) is 3.80. The van der Waals surface area contributed by atoms with Gasteiger partial charge in [-0.2, -0.15) is 0 Å². The van der Waals surface area contributed by atoms with E-state index in [1.165, 1.54) is 0 Å². The lowest BCUT2D eigenvalue weighted by molar-refractivity contribution is 0.0324. The summed E-state index contributed by atoms with van der Waals surface area (Å²) < 4.78 is 10.9. The molecule has 4 heteroatoms. The predicted molar refractivity (Wildman–Crippen MR) is 57.1 cm³/mol. The van der Waals surface area contributed by atoms with Crippen LogP contribution in [-0.2, 0) is 4.74 Å². The summed E-state index contributed by atoms with van der Waals surface area (Å²) in [5.74, 6) is 0. The van der Waals surface area contributed by atoms with Gasteiger partial charge in [0, 0.05) is 19.6 Å². The van der Waals surface area contributed by atoms with Crippen molar-refractivity contribution < 1.29 is 9.47 Å². The van der Waals surface area contributed by atoms with Gasteiger partial charge in [0.15, 0.2) is 5.06 Å². The molecule has 1 aliphatic rings. The first-order chi connectivity index (χ1) is 6.95. The van der Waals surface area contributed by atoms with E-state index in [4.69, 9.17) is 9.47 Å². The third-order valence-corrected chi connectivity index (χ3v) is 3.03. The number of hydrogen-bond acceptors (Lipinski definition) is 4. The van der Waals surface area contributed by atoms with Gasteiger partial charge in [0.2, 0.25) is 0 Å². The second-order valence-electron chi connectivity index (χ2n) is 3.23. The minimum atomic E-state index is 0.778. The summed E-state index contributed by atoms with van der Waals surface area (Å²) in [7, 11) is 0. The lowest BCUT2D eigenvalue weighted by atomic mass is 10.4. The molecule has 2 heterocycles. The molecular formula is C10H15NO2S. The third-order valence-electron chi connectivity index (χ3n) is 2.25. The second-order valence-corrected chi connectivity index (χ2v) is 4.14. The molecule has 3 nitrogen and oxygen atoms in total. The molecular weight excluding hydrogens is 198 g/mol. The van der Waals surface area contributed by atoms with Crippen molar-refractivity contribution in [2.45, 2.75) is 0 Å². The molecule has 1 aromatic heterocycles. The zero-order valence-electron chi connectivity index (χ0n) is 8.15. The van der Waals surface area contributed by atoms with E-state index >= 15 is 0 Å². The van der Waals surface area contributed by atoms with Gasteiger partial charge in [-0.15, -0.1) is 11.3 Å². The minimum Gasteiger partial charge on any atom is -0.483 e. The molecule has 0 aromatic carbocycles. The van der Waals surface area contributed by atoms with E-state index in [9.17, 15) is 0 Å². The van der Waals surface area contributed by atoms with Crippen molar-refractivity contribution >= 4 is 11.3 Å². The molecule has 0 spiro atoms. The first-order valence-electron chi connectivity index (χ1n) is 4.91. The van der Waals surface area contributed by atoms with E-state index in [2.05, 4.69) is 4.90 Å². The van der Waals surface area contributed by atoms with E-state index in [1.807, 2.05) is 17.5 Å². The van der Waals surface area contributed by atoms with Crippen LogP contribution in [0.3, 0.4) is 0 Å². The van der Waals surface area contributed by atoms with Crippen molar-refractivity contribution in [3.8, 4) is 5.06 Å². The number of morpholine rings is 1. The van der Waals surface area contributed by atoms with Crippen LogP contribution in [0.2, 0.25) is 0 Å². The largest absolute Gasteiger partial charge is 0.483 e. The number of thiophene rings is 1. The summed E-state index contributed by atoms with van der Waals surface area (Å²) >= 11 is 1.64. The minimum absolute atomic E-state index is 0.778. The Morgan fingerprint density at radius 3 is 3.00 bits per heavy atom. The van der Waals surface area contributed by atoms with E-state index in [0.717, 1.165) is 44.5 Å². The average Bonchev–Trinajstić information content (AvgIpc) is 2.72. The van der Waals surface area contributed by atoms with Gasteiger partial charge < -0.3 is 9.47 Å². The molecule has 2 rings (SSSR count). The summed E-state index contributed by atoms with van der Waals surface area (Å²) in [6.07, 6.45) is 0. The molecule has 1 fully saturated rings. The monoisotopic (exact) mass is 213 g/mol. The molecule has 1 aliphatic heterocycles. The Bertz CT molecular complexity index is 245. The van der Waals surface area contributed by atoms with Crippen LogP contribution in [0.5, 0.6) is 5.06 Å².